The number of hydrogen-bond acceptors (Lipinski definition) is 5. The van der Waals surface area contributed by atoms with Gasteiger partial charge in [-0.15, -0.1) is 0 Å². The van der Waals surface area contributed by atoms with Gasteiger partial charge in [-0.05, 0) is 12.8 Å². The van der Waals surface area contributed by atoms with Gasteiger partial charge in [0.25, 0.3) is 0 Å². The van der Waals surface area contributed by atoms with Crippen LogP contribution in [0.1, 0.15) is 33.1 Å². The molecular weight excluding hydrogens is 192 g/mol. The number of carbonyl (C=O) groups is 2. The van der Waals surface area contributed by atoms with E-state index in [2.05, 4.69) is 9.78 Å². The zero-order chi connectivity index (χ0) is 11.0. The predicted octanol–water partition coefficient (Wildman–Crippen LogP) is 2.33. The van der Waals surface area contributed by atoms with Gasteiger partial charge in [0.05, 0.1) is 0 Å². The molecule has 0 saturated heterocycles. The molecule has 0 aliphatic heterocycles. The number of ether oxygens (including phenoxy) is 1. The summed E-state index contributed by atoms with van der Waals surface area (Å²) in [5.74, 6) is 0. The smallest absolute Gasteiger partial charge is 0.447 e. The summed E-state index contributed by atoms with van der Waals surface area (Å²) in [6, 6.07) is 0. The summed E-state index contributed by atoms with van der Waals surface area (Å²) in [6.07, 6.45) is -0.858. The lowest BCUT2D eigenvalue weighted by Crippen LogP contribution is -2.19. The van der Waals surface area contributed by atoms with Crippen LogP contribution in [0.15, 0.2) is 0 Å². The van der Waals surface area contributed by atoms with E-state index in [-0.39, 0.29) is 6.10 Å². The topological polar surface area (TPSA) is 82.1 Å². The molecule has 6 nitrogen and oxygen atoms in total. The molecule has 0 bridgehead atoms. The lowest BCUT2D eigenvalue weighted by molar-refractivity contribution is -0.217. The van der Waals surface area contributed by atoms with Crippen LogP contribution in [0.5, 0.6) is 0 Å². The van der Waals surface area contributed by atoms with Crippen LogP contribution in [-0.2, 0) is 14.5 Å². The van der Waals surface area contributed by atoms with Gasteiger partial charge in [0.15, 0.2) is 0 Å². The van der Waals surface area contributed by atoms with Crippen molar-refractivity contribution >= 4 is 12.3 Å². The van der Waals surface area contributed by atoms with Crippen LogP contribution in [0.4, 0.5) is 9.59 Å². The number of rotatable bonds is 4. The summed E-state index contributed by atoms with van der Waals surface area (Å²) < 4.78 is 4.74. The van der Waals surface area contributed by atoms with Crippen molar-refractivity contribution in [2.24, 2.45) is 0 Å². The van der Waals surface area contributed by atoms with E-state index in [4.69, 9.17) is 9.84 Å². The van der Waals surface area contributed by atoms with Crippen molar-refractivity contribution in [1.29, 1.82) is 0 Å². The van der Waals surface area contributed by atoms with Gasteiger partial charge >= 0.3 is 12.3 Å². The van der Waals surface area contributed by atoms with Gasteiger partial charge in [0, 0.05) is 0 Å². The Balaban J connectivity index is 3.72. The van der Waals surface area contributed by atoms with Crippen molar-refractivity contribution < 1.29 is 29.2 Å². The molecule has 14 heavy (non-hydrogen) atoms. The first-order valence-electron chi connectivity index (χ1n) is 4.38. The maximum Gasteiger partial charge on any atom is 0.550 e. The second kappa shape index (κ2) is 6.99. The molecule has 0 aromatic heterocycles. The molecule has 0 aliphatic rings. The molecule has 82 valence electrons. The van der Waals surface area contributed by atoms with Crippen LogP contribution in [0.2, 0.25) is 0 Å². The molecule has 6 heteroatoms. The number of carbonyl (C=O) groups excluding carboxylic acids is 1. The first kappa shape index (κ1) is 12.5. The third kappa shape index (κ3) is 6.10. The molecule has 0 radical (unpaired) electrons. The highest BCUT2D eigenvalue weighted by molar-refractivity contribution is 5.62. The molecule has 0 aromatic rings. The molecule has 0 aromatic carbocycles. The van der Waals surface area contributed by atoms with Gasteiger partial charge in [-0.3, -0.25) is 0 Å². The molecule has 0 fully saturated rings. The van der Waals surface area contributed by atoms with Crippen LogP contribution >= 0.6 is 0 Å². The molecule has 0 aliphatic carbocycles. The molecular formula is C8H14O6. The first-order chi connectivity index (χ1) is 6.60. The summed E-state index contributed by atoms with van der Waals surface area (Å²) >= 11 is 0. The molecule has 1 unspecified atom stereocenters. The van der Waals surface area contributed by atoms with E-state index in [1.165, 1.54) is 0 Å². The van der Waals surface area contributed by atoms with Crippen LogP contribution in [0.25, 0.3) is 0 Å². The fourth-order valence-corrected chi connectivity index (χ4v) is 0.894. The van der Waals surface area contributed by atoms with Crippen molar-refractivity contribution in [1.82, 2.24) is 0 Å². The molecule has 0 rings (SSSR count). The van der Waals surface area contributed by atoms with Crippen LogP contribution in [0.3, 0.4) is 0 Å². The van der Waals surface area contributed by atoms with E-state index in [1.807, 2.05) is 13.8 Å². The summed E-state index contributed by atoms with van der Waals surface area (Å²) in [5.41, 5.74) is 0. The number of carboxylic acid groups (broad SMARTS) is 1. The Morgan fingerprint density at radius 3 is 2.36 bits per heavy atom. The zero-order valence-corrected chi connectivity index (χ0v) is 8.19. The maximum absolute atomic E-state index is 10.8. The Labute approximate surface area is 81.7 Å². The lowest BCUT2D eigenvalue weighted by atomic mass is 10.2. The SMILES string of the molecule is CCCC(CC)OC(=O)OOC(=O)O. The molecule has 0 saturated carbocycles. The molecule has 0 spiro atoms. The fourth-order valence-electron chi connectivity index (χ4n) is 0.894. The van der Waals surface area contributed by atoms with E-state index in [0.29, 0.717) is 12.8 Å². The standard InChI is InChI=1S/C8H14O6/c1-3-5-6(4-2)12-8(11)14-13-7(9)10/h6H,3-5H2,1-2H3,(H,9,10). The van der Waals surface area contributed by atoms with E-state index in [9.17, 15) is 9.59 Å². The molecule has 1 atom stereocenters. The molecule has 1 N–H and O–H groups in total. The summed E-state index contributed by atoms with van der Waals surface area (Å²) in [5, 5.41) is 8.00. The Bertz CT molecular complexity index is 190. The normalized spacial score (nSPS) is 11.6. The van der Waals surface area contributed by atoms with Gasteiger partial charge in [-0.25, -0.2) is 9.68 Å². The highest BCUT2D eigenvalue weighted by Crippen LogP contribution is 2.07. The quantitative estimate of drug-likeness (QED) is 0.431. The zero-order valence-electron chi connectivity index (χ0n) is 8.19. The van der Waals surface area contributed by atoms with Crippen LogP contribution in [-0.4, -0.2) is 23.5 Å². The Hall–Kier alpha value is -1.46. The van der Waals surface area contributed by atoms with Gasteiger partial charge in [-0.2, -0.15) is 9.68 Å². The third-order valence-corrected chi connectivity index (χ3v) is 1.51. The number of hydrogen-bond donors (Lipinski definition) is 1. The highest BCUT2D eigenvalue weighted by atomic mass is 17.3. The lowest BCUT2D eigenvalue weighted by Gasteiger charge is -2.12. The van der Waals surface area contributed by atoms with E-state index >= 15 is 0 Å². The summed E-state index contributed by atoms with van der Waals surface area (Å²) in [6.45, 7) is 3.80. The van der Waals surface area contributed by atoms with E-state index < -0.39 is 12.3 Å². The van der Waals surface area contributed by atoms with Crippen LogP contribution < -0.4 is 0 Å². The maximum atomic E-state index is 10.8. The summed E-state index contributed by atoms with van der Waals surface area (Å²) in [7, 11) is 0. The minimum atomic E-state index is -1.69. The minimum Gasteiger partial charge on any atom is -0.447 e. The minimum absolute atomic E-state index is 0.259. The Kier molecular flexibility index (Phi) is 6.26. The first-order valence-corrected chi connectivity index (χ1v) is 4.38. The average molecular weight is 206 g/mol. The van der Waals surface area contributed by atoms with E-state index in [0.717, 1.165) is 6.42 Å². The van der Waals surface area contributed by atoms with Gasteiger partial charge < -0.3 is 9.84 Å². The molecule has 0 amide bonds. The van der Waals surface area contributed by atoms with Crippen molar-refractivity contribution in [2.45, 2.75) is 39.2 Å². The predicted molar refractivity (Wildman–Crippen MR) is 45.7 cm³/mol. The second-order valence-corrected chi connectivity index (χ2v) is 2.62. The molecule has 0 heterocycles. The average Bonchev–Trinajstić information content (AvgIpc) is 2.14. The Morgan fingerprint density at radius 1 is 1.29 bits per heavy atom. The van der Waals surface area contributed by atoms with Gasteiger partial charge in [0.1, 0.15) is 6.10 Å². The highest BCUT2D eigenvalue weighted by Gasteiger charge is 2.15. The van der Waals surface area contributed by atoms with Crippen LogP contribution in [0, 0.1) is 0 Å². The largest absolute Gasteiger partial charge is 0.550 e. The van der Waals surface area contributed by atoms with Gasteiger partial charge in [-0.1, -0.05) is 20.3 Å². The van der Waals surface area contributed by atoms with Crippen molar-refractivity contribution in [3.8, 4) is 0 Å². The summed E-state index contributed by atoms with van der Waals surface area (Å²) in [4.78, 5) is 28.0. The Morgan fingerprint density at radius 2 is 1.93 bits per heavy atom. The van der Waals surface area contributed by atoms with Gasteiger partial charge in [0.2, 0.25) is 0 Å². The monoisotopic (exact) mass is 206 g/mol. The van der Waals surface area contributed by atoms with Crippen molar-refractivity contribution in [2.75, 3.05) is 0 Å². The van der Waals surface area contributed by atoms with Crippen molar-refractivity contribution in [3.63, 3.8) is 0 Å². The van der Waals surface area contributed by atoms with E-state index in [1.54, 1.807) is 0 Å². The van der Waals surface area contributed by atoms with Crippen molar-refractivity contribution in [3.05, 3.63) is 0 Å². The second-order valence-electron chi connectivity index (χ2n) is 2.62. The third-order valence-electron chi connectivity index (χ3n) is 1.51. The fraction of sp³-hybridized carbons (Fsp3) is 0.750.